The highest BCUT2D eigenvalue weighted by Crippen LogP contribution is 2.37. The number of halogens is 1. The van der Waals surface area contributed by atoms with Crippen LogP contribution < -0.4 is 0 Å². The van der Waals surface area contributed by atoms with Gasteiger partial charge in [-0.15, -0.1) is 0 Å². The fraction of sp³-hybridized carbons (Fsp3) is 0.467. The van der Waals surface area contributed by atoms with Crippen LogP contribution in [0.2, 0.25) is 5.15 Å². The number of rotatable bonds is 3. The number of pyridine rings is 1. The van der Waals surface area contributed by atoms with Crippen molar-refractivity contribution < 1.29 is 4.92 Å². The van der Waals surface area contributed by atoms with Gasteiger partial charge in [0, 0.05) is 25.8 Å². The highest BCUT2D eigenvalue weighted by molar-refractivity contribution is 6.29. The third kappa shape index (κ3) is 2.82. The number of nitro groups is 1. The Balaban J connectivity index is 1.96. The molecule has 0 saturated carbocycles. The molecule has 2 aliphatic heterocycles. The second-order valence-electron chi connectivity index (χ2n) is 5.85. The second kappa shape index (κ2) is 6.05. The predicted octanol–water partition coefficient (Wildman–Crippen LogP) is 2.23. The number of hydrogen-bond acceptors (Lipinski definition) is 6. The summed E-state index contributed by atoms with van der Waals surface area (Å²) in [6.45, 7) is 3.60. The molecule has 1 aromatic rings. The van der Waals surface area contributed by atoms with Crippen LogP contribution in [-0.4, -0.2) is 38.8 Å². The lowest BCUT2D eigenvalue weighted by Crippen LogP contribution is -2.41. The zero-order chi connectivity index (χ0) is 16.6. The Bertz CT molecular complexity index is 697. The Kier molecular flexibility index (Phi) is 4.09. The van der Waals surface area contributed by atoms with Crippen molar-refractivity contribution in [1.82, 2.24) is 14.8 Å². The van der Waals surface area contributed by atoms with Crippen LogP contribution in [0.1, 0.15) is 18.9 Å². The molecule has 0 amide bonds. The Morgan fingerprint density at radius 2 is 2.30 bits per heavy atom. The first kappa shape index (κ1) is 15.6. The fourth-order valence-corrected chi connectivity index (χ4v) is 3.40. The molecule has 0 aliphatic carbocycles. The van der Waals surface area contributed by atoms with Crippen LogP contribution in [-0.2, 0) is 6.54 Å². The number of aromatic nitrogens is 1. The lowest BCUT2D eigenvalue weighted by molar-refractivity contribution is -0.438. The fourth-order valence-electron chi connectivity index (χ4n) is 3.29. The van der Waals surface area contributed by atoms with Crippen molar-refractivity contribution in [2.45, 2.75) is 25.9 Å². The predicted molar refractivity (Wildman–Crippen MR) is 83.6 cm³/mol. The molecular formula is C15H16ClN5O2. The Morgan fingerprint density at radius 1 is 1.52 bits per heavy atom. The molecule has 0 bridgehead atoms. The van der Waals surface area contributed by atoms with Crippen molar-refractivity contribution in [3.05, 3.63) is 50.7 Å². The summed E-state index contributed by atoms with van der Waals surface area (Å²) in [5.41, 5.74) is 1.13. The van der Waals surface area contributed by atoms with Gasteiger partial charge in [-0.05, 0) is 18.1 Å². The van der Waals surface area contributed by atoms with Crippen molar-refractivity contribution in [3.8, 4) is 6.07 Å². The Morgan fingerprint density at radius 3 is 2.91 bits per heavy atom. The lowest BCUT2D eigenvalue weighted by Gasteiger charge is -2.33. The average molecular weight is 334 g/mol. The summed E-state index contributed by atoms with van der Waals surface area (Å²) in [6.07, 6.45) is 2.16. The van der Waals surface area contributed by atoms with Gasteiger partial charge in [-0.25, -0.2) is 4.98 Å². The highest BCUT2D eigenvalue weighted by atomic mass is 35.5. The summed E-state index contributed by atoms with van der Waals surface area (Å²) >= 11 is 5.79. The zero-order valence-corrected chi connectivity index (χ0v) is 13.4. The van der Waals surface area contributed by atoms with Crippen LogP contribution in [0.4, 0.5) is 0 Å². The van der Waals surface area contributed by atoms with Gasteiger partial charge in [0.1, 0.15) is 11.2 Å². The van der Waals surface area contributed by atoms with Gasteiger partial charge in [-0.1, -0.05) is 24.6 Å². The van der Waals surface area contributed by atoms with E-state index in [-0.39, 0.29) is 22.6 Å². The summed E-state index contributed by atoms with van der Waals surface area (Å²) in [7, 11) is 0. The number of fused-ring (bicyclic) bond motifs is 1. The maximum absolute atomic E-state index is 11.5. The normalized spacial score (nSPS) is 23.7. The third-order valence-electron chi connectivity index (χ3n) is 4.34. The van der Waals surface area contributed by atoms with Crippen molar-refractivity contribution in [2.24, 2.45) is 5.92 Å². The van der Waals surface area contributed by atoms with Crippen LogP contribution in [0.15, 0.2) is 29.8 Å². The first-order chi connectivity index (χ1) is 11.0. The van der Waals surface area contributed by atoms with Gasteiger partial charge >= 0.3 is 0 Å². The van der Waals surface area contributed by atoms with E-state index in [1.54, 1.807) is 12.3 Å². The number of hydrogen-bond donors (Lipinski definition) is 0. The quantitative estimate of drug-likeness (QED) is 0.479. The minimum atomic E-state index is -0.308. The largest absolute Gasteiger partial charge is 0.347 e. The molecule has 23 heavy (non-hydrogen) atoms. The van der Waals surface area contributed by atoms with E-state index in [0.29, 0.717) is 37.0 Å². The second-order valence-corrected chi connectivity index (χ2v) is 6.24. The molecule has 0 spiro atoms. The van der Waals surface area contributed by atoms with Gasteiger partial charge in [-0.2, -0.15) is 5.26 Å². The molecule has 2 aliphatic rings. The molecule has 1 saturated heterocycles. The summed E-state index contributed by atoms with van der Waals surface area (Å²) < 4.78 is 0. The van der Waals surface area contributed by atoms with Crippen LogP contribution in [0.3, 0.4) is 0 Å². The molecule has 3 rings (SSSR count). The molecule has 7 nitrogen and oxygen atoms in total. The molecule has 1 fully saturated rings. The van der Waals surface area contributed by atoms with Gasteiger partial charge < -0.3 is 9.80 Å². The summed E-state index contributed by atoms with van der Waals surface area (Å²) in [4.78, 5) is 19.1. The Labute approximate surface area is 138 Å². The average Bonchev–Trinajstić information content (AvgIpc) is 2.92. The monoisotopic (exact) mass is 333 g/mol. The van der Waals surface area contributed by atoms with Crippen molar-refractivity contribution in [2.75, 3.05) is 13.1 Å². The Hall–Kier alpha value is -2.33. The van der Waals surface area contributed by atoms with E-state index in [9.17, 15) is 15.4 Å². The van der Waals surface area contributed by atoms with Gasteiger partial charge in [0.05, 0.1) is 16.9 Å². The van der Waals surface area contributed by atoms with Crippen LogP contribution in [0.25, 0.3) is 0 Å². The SMILES string of the molecule is CC1CC(C#N)N2CCN(Cc3ccc(Cl)nc3)C2=C1[N+](=O)[O-]. The van der Waals surface area contributed by atoms with E-state index >= 15 is 0 Å². The van der Waals surface area contributed by atoms with Crippen LogP contribution in [0.5, 0.6) is 0 Å². The smallest absolute Gasteiger partial charge is 0.289 e. The van der Waals surface area contributed by atoms with Gasteiger partial charge in [0.15, 0.2) is 5.82 Å². The standard InChI is InChI=1S/C15H16ClN5O2/c1-10-6-12(7-17)20-5-4-19(15(20)14(10)21(22)23)9-11-2-3-13(16)18-8-11/h2-3,8,10,12H,4-6,9H2,1H3. The van der Waals surface area contributed by atoms with Crippen LogP contribution >= 0.6 is 11.6 Å². The van der Waals surface area contributed by atoms with E-state index < -0.39 is 0 Å². The first-order valence-electron chi connectivity index (χ1n) is 7.41. The molecule has 8 heteroatoms. The van der Waals surface area contributed by atoms with E-state index in [1.165, 1.54) is 0 Å². The molecule has 120 valence electrons. The third-order valence-corrected chi connectivity index (χ3v) is 4.56. The molecule has 2 unspecified atom stereocenters. The summed E-state index contributed by atoms with van der Waals surface area (Å²) in [6, 6.07) is 5.52. The molecule has 0 radical (unpaired) electrons. The van der Waals surface area contributed by atoms with Gasteiger partial charge in [0.25, 0.3) is 5.70 Å². The van der Waals surface area contributed by atoms with Gasteiger partial charge in [-0.3, -0.25) is 10.1 Å². The summed E-state index contributed by atoms with van der Waals surface area (Å²) in [5, 5.41) is 21.3. The summed E-state index contributed by atoms with van der Waals surface area (Å²) in [5.74, 6) is 0.333. The molecule has 1 aromatic heterocycles. The highest BCUT2D eigenvalue weighted by Gasteiger charge is 2.44. The maximum Gasteiger partial charge on any atom is 0.289 e. The van der Waals surface area contributed by atoms with Gasteiger partial charge in [0.2, 0.25) is 0 Å². The zero-order valence-electron chi connectivity index (χ0n) is 12.6. The van der Waals surface area contributed by atoms with Crippen molar-refractivity contribution in [3.63, 3.8) is 0 Å². The number of allylic oxidation sites excluding steroid dienone is 1. The van der Waals surface area contributed by atoms with E-state index in [4.69, 9.17) is 11.6 Å². The first-order valence-corrected chi connectivity index (χ1v) is 7.79. The minimum absolute atomic E-state index is 0.205. The van der Waals surface area contributed by atoms with E-state index in [0.717, 1.165) is 5.56 Å². The number of nitrogens with zero attached hydrogens (tertiary/aromatic N) is 5. The molecular weight excluding hydrogens is 318 g/mol. The molecule has 2 atom stereocenters. The van der Waals surface area contributed by atoms with E-state index in [1.807, 2.05) is 22.8 Å². The van der Waals surface area contributed by atoms with Crippen molar-refractivity contribution in [1.29, 1.82) is 5.26 Å². The lowest BCUT2D eigenvalue weighted by atomic mass is 9.94. The minimum Gasteiger partial charge on any atom is -0.347 e. The van der Waals surface area contributed by atoms with Crippen molar-refractivity contribution >= 4 is 11.6 Å². The molecule has 0 N–H and O–H groups in total. The topological polar surface area (TPSA) is 86.3 Å². The van der Waals surface area contributed by atoms with Crippen LogP contribution in [0, 0.1) is 27.4 Å². The molecule has 0 aromatic carbocycles. The number of nitriles is 1. The maximum atomic E-state index is 11.5. The molecule has 3 heterocycles. The van der Waals surface area contributed by atoms with E-state index in [2.05, 4.69) is 11.1 Å².